The van der Waals surface area contributed by atoms with Crippen LogP contribution in [0.25, 0.3) is 0 Å². The van der Waals surface area contributed by atoms with E-state index in [-0.39, 0.29) is 5.91 Å². The number of hydrogen-bond acceptors (Lipinski definition) is 3. The van der Waals surface area contributed by atoms with Gasteiger partial charge in [-0.25, -0.2) is 4.98 Å². The molecule has 0 saturated carbocycles. The molecule has 2 rings (SSSR count). The number of carbonyl (C=O) groups excluding carboxylic acids is 1. The quantitative estimate of drug-likeness (QED) is 0.772. The fourth-order valence-corrected chi connectivity index (χ4v) is 1.21. The summed E-state index contributed by atoms with van der Waals surface area (Å²) >= 11 is 0. The van der Waals surface area contributed by atoms with Gasteiger partial charge in [-0.2, -0.15) is 5.10 Å². The molecule has 0 atom stereocenters. The van der Waals surface area contributed by atoms with Gasteiger partial charge in [-0.15, -0.1) is 0 Å². The zero-order valence-corrected chi connectivity index (χ0v) is 8.51. The van der Waals surface area contributed by atoms with Crippen molar-refractivity contribution in [2.24, 2.45) is 14.1 Å². The van der Waals surface area contributed by atoms with Gasteiger partial charge in [0, 0.05) is 26.5 Å². The number of aromatic nitrogens is 4. The summed E-state index contributed by atoms with van der Waals surface area (Å²) in [7, 11) is 3.60. The maximum atomic E-state index is 11.6. The molecular formula is C9H11N5O. The Kier molecular flexibility index (Phi) is 2.24. The van der Waals surface area contributed by atoms with E-state index in [2.05, 4.69) is 15.4 Å². The van der Waals surface area contributed by atoms with Gasteiger partial charge in [-0.05, 0) is 0 Å². The van der Waals surface area contributed by atoms with Gasteiger partial charge in [0.15, 0.2) is 0 Å². The summed E-state index contributed by atoms with van der Waals surface area (Å²) in [4.78, 5) is 15.6. The van der Waals surface area contributed by atoms with E-state index in [1.807, 2.05) is 7.05 Å². The Morgan fingerprint density at radius 2 is 2.20 bits per heavy atom. The lowest BCUT2D eigenvalue weighted by molar-refractivity contribution is 0.102. The highest BCUT2D eigenvalue weighted by Crippen LogP contribution is 2.05. The van der Waals surface area contributed by atoms with Crippen LogP contribution in [0, 0.1) is 0 Å². The molecule has 0 aliphatic carbocycles. The Morgan fingerprint density at radius 1 is 1.40 bits per heavy atom. The minimum absolute atomic E-state index is 0.233. The summed E-state index contributed by atoms with van der Waals surface area (Å²) in [6, 6.07) is 0. The number of nitrogens with one attached hydrogen (secondary N) is 1. The monoisotopic (exact) mass is 205 g/mol. The number of aryl methyl sites for hydroxylation is 2. The number of imidazole rings is 1. The number of carbonyl (C=O) groups is 1. The smallest absolute Gasteiger partial charge is 0.275 e. The van der Waals surface area contributed by atoms with Crippen molar-refractivity contribution in [2.45, 2.75) is 0 Å². The van der Waals surface area contributed by atoms with Crippen molar-refractivity contribution in [1.82, 2.24) is 19.3 Å². The van der Waals surface area contributed by atoms with Crippen molar-refractivity contribution in [2.75, 3.05) is 5.32 Å². The number of rotatable bonds is 2. The second-order valence-electron chi connectivity index (χ2n) is 3.28. The molecule has 2 aromatic rings. The van der Waals surface area contributed by atoms with Gasteiger partial charge < -0.3 is 9.88 Å². The summed E-state index contributed by atoms with van der Waals surface area (Å²) < 4.78 is 3.34. The topological polar surface area (TPSA) is 64.7 Å². The normalized spacial score (nSPS) is 10.3. The fraction of sp³-hybridized carbons (Fsp3) is 0.222. The highest BCUT2D eigenvalue weighted by atomic mass is 16.1. The number of nitrogens with zero attached hydrogens (tertiary/aromatic N) is 4. The highest BCUT2D eigenvalue weighted by Gasteiger charge is 2.09. The first-order valence-electron chi connectivity index (χ1n) is 4.43. The van der Waals surface area contributed by atoms with Crippen LogP contribution in [0.2, 0.25) is 0 Å². The molecule has 0 radical (unpaired) electrons. The Hall–Kier alpha value is -2.11. The van der Waals surface area contributed by atoms with Crippen LogP contribution in [0.5, 0.6) is 0 Å². The SMILES string of the molecule is Cn1cnc(C(=O)Nc2cnn(C)c2)c1. The molecule has 0 fully saturated rings. The minimum atomic E-state index is -0.233. The van der Waals surface area contributed by atoms with Gasteiger partial charge in [0.05, 0.1) is 18.2 Å². The molecule has 0 spiro atoms. The third-order valence-electron chi connectivity index (χ3n) is 1.90. The maximum Gasteiger partial charge on any atom is 0.275 e. The molecule has 0 saturated heterocycles. The molecule has 6 heteroatoms. The minimum Gasteiger partial charge on any atom is -0.340 e. The van der Waals surface area contributed by atoms with Crippen molar-refractivity contribution in [3.8, 4) is 0 Å². The first-order valence-corrected chi connectivity index (χ1v) is 4.43. The van der Waals surface area contributed by atoms with Crippen molar-refractivity contribution in [1.29, 1.82) is 0 Å². The zero-order valence-electron chi connectivity index (χ0n) is 8.51. The van der Waals surface area contributed by atoms with Gasteiger partial charge in [0.2, 0.25) is 0 Å². The number of anilines is 1. The Morgan fingerprint density at radius 3 is 2.73 bits per heavy atom. The molecule has 0 aromatic carbocycles. The molecule has 0 unspecified atom stereocenters. The molecule has 0 aliphatic rings. The Bertz CT molecular complexity index is 484. The molecule has 2 heterocycles. The number of amides is 1. The largest absolute Gasteiger partial charge is 0.340 e. The lowest BCUT2D eigenvalue weighted by atomic mass is 10.4. The third-order valence-corrected chi connectivity index (χ3v) is 1.90. The van der Waals surface area contributed by atoms with Crippen molar-refractivity contribution in [3.63, 3.8) is 0 Å². The maximum absolute atomic E-state index is 11.6. The second kappa shape index (κ2) is 3.56. The highest BCUT2D eigenvalue weighted by molar-refractivity contribution is 6.02. The Labute approximate surface area is 86.5 Å². The van der Waals surface area contributed by atoms with Crippen LogP contribution in [0.1, 0.15) is 10.5 Å². The predicted molar refractivity (Wildman–Crippen MR) is 54.4 cm³/mol. The Balaban J connectivity index is 2.10. The molecule has 0 aliphatic heterocycles. The van der Waals surface area contributed by atoms with Crippen molar-refractivity contribution >= 4 is 11.6 Å². The van der Waals surface area contributed by atoms with E-state index in [4.69, 9.17) is 0 Å². The molecular weight excluding hydrogens is 194 g/mol. The lowest BCUT2D eigenvalue weighted by Gasteiger charge is -1.97. The first kappa shape index (κ1) is 9.45. The van der Waals surface area contributed by atoms with Crippen LogP contribution in [-0.4, -0.2) is 25.2 Å². The van der Waals surface area contributed by atoms with Gasteiger partial charge in [0.25, 0.3) is 5.91 Å². The van der Waals surface area contributed by atoms with Crippen LogP contribution in [0.3, 0.4) is 0 Å². The van der Waals surface area contributed by atoms with E-state index in [1.54, 1.807) is 41.2 Å². The van der Waals surface area contributed by atoms with Crippen LogP contribution in [0.15, 0.2) is 24.9 Å². The van der Waals surface area contributed by atoms with E-state index in [1.165, 1.54) is 0 Å². The molecule has 15 heavy (non-hydrogen) atoms. The van der Waals surface area contributed by atoms with Crippen LogP contribution in [-0.2, 0) is 14.1 Å². The van der Waals surface area contributed by atoms with Gasteiger partial charge in [-0.1, -0.05) is 0 Å². The predicted octanol–water partition coefficient (Wildman–Crippen LogP) is 0.406. The fourth-order valence-electron chi connectivity index (χ4n) is 1.21. The van der Waals surface area contributed by atoms with Gasteiger partial charge in [-0.3, -0.25) is 9.48 Å². The van der Waals surface area contributed by atoms with Crippen LogP contribution < -0.4 is 5.32 Å². The molecule has 0 bridgehead atoms. The van der Waals surface area contributed by atoms with Gasteiger partial charge in [0.1, 0.15) is 5.69 Å². The van der Waals surface area contributed by atoms with E-state index < -0.39 is 0 Å². The molecule has 1 amide bonds. The number of hydrogen-bond donors (Lipinski definition) is 1. The molecule has 2 aromatic heterocycles. The summed E-state index contributed by atoms with van der Waals surface area (Å²) in [5.74, 6) is -0.233. The van der Waals surface area contributed by atoms with Crippen molar-refractivity contribution in [3.05, 3.63) is 30.6 Å². The van der Waals surface area contributed by atoms with Crippen molar-refractivity contribution < 1.29 is 4.79 Å². The van der Waals surface area contributed by atoms with Crippen LogP contribution >= 0.6 is 0 Å². The second-order valence-corrected chi connectivity index (χ2v) is 3.28. The van der Waals surface area contributed by atoms with E-state index in [9.17, 15) is 4.79 Å². The summed E-state index contributed by atoms with van der Waals surface area (Å²) in [6.45, 7) is 0. The zero-order chi connectivity index (χ0) is 10.8. The van der Waals surface area contributed by atoms with Gasteiger partial charge >= 0.3 is 0 Å². The standard InChI is InChI=1S/C9H11N5O/c1-13-5-8(10-6-13)9(15)12-7-3-11-14(2)4-7/h3-6H,1-2H3,(H,12,15). The molecule has 78 valence electrons. The average Bonchev–Trinajstić information content (AvgIpc) is 2.75. The lowest BCUT2D eigenvalue weighted by Crippen LogP contribution is -2.11. The van der Waals surface area contributed by atoms with E-state index in [0.29, 0.717) is 11.4 Å². The summed E-state index contributed by atoms with van der Waals surface area (Å²) in [5, 5.41) is 6.64. The molecule has 6 nitrogen and oxygen atoms in total. The average molecular weight is 205 g/mol. The van der Waals surface area contributed by atoms with Crippen LogP contribution in [0.4, 0.5) is 5.69 Å². The summed E-state index contributed by atoms with van der Waals surface area (Å²) in [5.41, 5.74) is 1.05. The first-order chi connectivity index (χ1) is 7.15. The molecule has 1 N–H and O–H groups in total. The van der Waals surface area contributed by atoms with E-state index >= 15 is 0 Å². The van der Waals surface area contributed by atoms with E-state index in [0.717, 1.165) is 0 Å². The summed E-state index contributed by atoms with van der Waals surface area (Å²) in [6.07, 6.45) is 6.55. The third kappa shape index (κ3) is 2.04.